The number of benzene rings is 2. The molecule has 0 aliphatic heterocycles. The first kappa shape index (κ1) is 18.1. The summed E-state index contributed by atoms with van der Waals surface area (Å²) in [6.45, 7) is 0. The number of nitriles is 1. The van der Waals surface area contributed by atoms with Crippen LogP contribution in [0.1, 0.15) is 27.2 Å². The second kappa shape index (κ2) is 6.57. The Labute approximate surface area is 150 Å². The largest absolute Gasteiger partial charge is 0.416 e. The van der Waals surface area contributed by atoms with Crippen LogP contribution >= 0.6 is 0 Å². The molecule has 0 fully saturated rings. The third kappa shape index (κ3) is 3.37. The fourth-order valence-corrected chi connectivity index (χ4v) is 2.43. The maximum Gasteiger partial charge on any atom is 0.416 e. The van der Waals surface area contributed by atoms with E-state index in [4.69, 9.17) is 5.73 Å². The molecule has 0 spiro atoms. The van der Waals surface area contributed by atoms with E-state index in [1.807, 2.05) is 0 Å². The minimum absolute atomic E-state index is 0.0803. The van der Waals surface area contributed by atoms with Crippen molar-refractivity contribution in [2.45, 2.75) is 6.18 Å². The van der Waals surface area contributed by atoms with Gasteiger partial charge in [-0.2, -0.15) is 23.5 Å². The number of nitrogen functional groups attached to an aromatic ring is 1. The minimum atomic E-state index is -4.53. The zero-order valence-corrected chi connectivity index (χ0v) is 13.5. The standard InChI is InChI=1S/C18H10F4N4O/c19-12-5-7-13(8-6-12)26-17(24)14(9-23)15(25-26)16(27)10-1-3-11(4-2-10)18(20,21)22/h1-8H,24H2. The van der Waals surface area contributed by atoms with Gasteiger partial charge in [0.1, 0.15) is 23.3 Å². The molecular formula is C18H10F4N4O. The fraction of sp³-hybridized carbons (Fsp3) is 0.0556. The van der Waals surface area contributed by atoms with Gasteiger partial charge >= 0.3 is 6.18 Å². The van der Waals surface area contributed by atoms with Crippen LogP contribution < -0.4 is 5.73 Å². The molecule has 0 saturated carbocycles. The first-order valence-electron chi connectivity index (χ1n) is 7.49. The molecule has 5 nitrogen and oxygen atoms in total. The van der Waals surface area contributed by atoms with Crippen molar-refractivity contribution < 1.29 is 22.4 Å². The molecule has 3 rings (SSSR count). The number of nitrogens with two attached hydrogens (primary N) is 1. The average molecular weight is 374 g/mol. The summed E-state index contributed by atoms with van der Waals surface area (Å²) in [4.78, 5) is 12.6. The van der Waals surface area contributed by atoms with E-state index in [1.54, 1.807) is 6.07 Å². The monoisotopic (exact) mass is 374 g/mol. The molecule has 0 atom stereocenters. The number of carbonyl (C=O) groups excluding carboxylic acids is 1. The number of rotatable bonds is 3. The van der Waals surface area contributed by atoms with Crippen molar-refractivity contribution in [3.05, 3.63) is 76.7 Å². The van der Waals surface area contributed by atoms with E-state index in [2.05, 4.69) is 5.10 Å². The summed E-state index contributed by atoms with van der Waals surface area (Å²) < 4.78 is 52.1. The summed E-state index contributed by atoms with van der Waals surface area (Å²) in [6, 6.07) is 10.3. The first-order chi connectivity index (χ1) is 12.7. The number of hydrogen-bond donors (Lipinski definition) is 1. The molecular weight excluding hydrogens is 364 g/mol. The van der Waals surface area contributed by atoms with Gasteiger partial charge in [0.05, 0.1) is 11.3 Å². The van der Waals surface area contributed by atoms with E-state index >= 15 is 0 Å². The Bertz CT molecular complexity index is 1050. The van der Waals surface area contributed by atoms with E-state index in [9.17, 15) is 27.6 Å². The Kier molecular flexibility index (Phi) is 4.41. The second-order valence-electron chi connectivity index (χ2n) is 5.51. The summed E-state index contributed by atoms with van der Waals surface area (Å²) in [5, 5.41) is 13.3. The molecule has 0 amide bonds. The van der Waals surface area contributed by atoms with Crippen LogP contribution in [0.2, 0.25) is 0 Å². The van der Waals surface area contributed by atoms with Crippen LogP contribution in [0.3, 0.4) is 0 Å². The lowest BCUT2D eigenvalue weighted by Gasteiger charge is -2.06. The summed E-state index contributed by atoms with van der Waals surface area (Å²) in [7, 11) is 0. The van der Waals surface area contributed by atoms with Gasteiger partial charge in [-0.1, -0.05) is 12.1 Å². The summed E-state index contributed by atoms with van der Waals surface area (Å²) >= 11 is 0. The van der Waals surface area contributed by atoms with Gasteiger partial charge in [-0.05, 0) is 36.4 Å². The Balaban J connectivity index is 2.04. The van der Waals surface area contributed by atoms with Crippen molar-refractivity contribution in [2.75, 3.05) is 5.73 Å². The predicted octanol–water partition coefficient (Wildman–Crippen LogP) is 3.72. The Hall–Kier alpha value is -3.67. The van der Waals surface area contributed by atoms with E-state index in [1.165, 1.54) is 12.1 Å². The highest BCUT2D eigenvalue weighted by Crippen LogP contribution is 2.30. The molecule has 1 heterocycles. The molecule has 0 bridgehead atoms. The van der Waals surface area contributed by atoms with Crippen LogP contribution in [0.5, 0.6) is 0 Å². The van der Waals surface area contributed by atoms with Gasteiger partial charge < -0.3 is 5.73 Å². The lowest BCUT2D eigenvalue weighted by molar-refractivity contribution is -0.137. The van der Waals surface area contributed by atoms with Crippen LogP contribution in [-0.2, 0) is 6.18 Å². The Morgan fingerprint density at radius 1 is 1.07 bits per heavy atom. The molecule has 0 aliphatic rings. The van der Waals surface area contributed by atoms with Crippen molar-refractivity contribution in [1.82, 2.24) is 9.78 Å². The van der Waals surface area contributed by atoms with E-state index in [0.29, 0.717) is 5.69 Å². The number of nitrogens with zero attached hydrogens (tertiary/aromatic N) is 3. The maximum atomic E-state index is 13.1. The molecule has 3 aromatic rings. The van der Waals surface area contributed by atoms with E-state index < -0.39 is 23.3 Å². The topological polar surface area (TPSA) is 84.7 Å². The van der Waals surface area contributed by atoms with Crippen molar-refractivity contribution in [1.29, 1.82) is 5.26 Å². The van der Waals surface area contributed by atoms with E-state index in [-0.39, 0.29) is 22.6 Å². The number of alkyl halides is 3. The predicted molar refractivity (Wildman–Crippen MR) is 87.5 cm³/mol. The molecule has 0 aliphatic carbocycles. The molecule has 2 aromatic carbocycles. The second-order valence-corrected chi connectivity index (χ2v) is 5.51. The smallest absolute Gasteiger partial charge is 0.382 e. The molecule has 0 radical (unpaired) electrons. The Morgan fingerprint density at radius 2 is 1.67 bits per heavy atom. The molecule has 136 valence electrons. The zero-order valence-electron chi connectivity index (χ0n) is 13.5. The van der Waals surface area contributed by atoms with Crippen molar-refractivity contribution in [2.24, 2.45) is 0 Å². The fourth-order valence-electron chi connectivity index (χ4n) is 2.43. The first-order valence-corrected chi connectivity index (χ1v) is 7.49. The average Bonchev–Trinajstić information content (AvgIpc) is 2.97. The van der Waals surface area contributed by atoms with Crippen molar-refractivity contribution in [3.63, 3.8) is 0 Å². The highest BCUT2D eigenvalue weighted by Gasteiger charge is 2.31. The number of aromatic nitrogens is 2. The van der Waals surface area contributed by atoms with Gasteiger partial charge in [0.15, 0.2) is 5.69 Å². The number of anilines is 1. The van der Waals surface area contributed by atoms with Crippen molar-refractivity contribution in [3.8, 4) is 11.8 Å². The minimum Gasteiger partial charge on any atom is -0.382 e. The van der Waals surface area contributed by atoms with Gasteiger partial charge in [0.2, 0.25) is 5.78 Å². The van der Waals surface area contributed by atoms with Crippen LogP contribution in [-0.4, -0.2) is 15.6 Å². The lowest BCUT2D eigenvalue weighted by atomic mass is 10.0. The normalized spacial score (nSPS) is 11.2. The van der Waals surface area contributed by atoms with E-state index in [0.717, 1.165) is 41.1 Å². The van der Waals surface area contributed by atoms with Gasteiger partial charge in [0, 0.05) is 5.56 Å². The molecule has 2 N–H and O–H groups in total. The zero-order chi connectivity index (χ0) is 19.8. The van der Waals surface area contributed by atoms with Gasteiger partial charge in [0.25, 0.3) is 0 Å². The lowest BCUT2D eigenvalue weighted by Crippen LogP contribution is -2.08. The molecule has 0 unspecified atom stereocenters. The third-order valence-corrected chi connectivity index (χ3v) is 3.79. The summed E-state index contributed by atoms with van der Waals surface area (Å²) in [6.07, 6.45) is -4.53. The molecule has 0 saturated heterocycles. The van der Waals surface area contributed by atoms with Gasteiger partial charge in [-0.3, -0.25) is 4.79 Å². The summed E-state index contributed by atoms with van der Waals surface area (Å²) in [5.74, 6) is -1.39. The number of halogens is 4. The van der Waals surface area contributed by atoms with Crippen LogP contribution in [0.15, 0.2) is 48.5 Å². The molecule has 9 heteroatoms. The summed E-state index contributed by atoms with van der Waals surface area (Å²) in [5.41, 5.74) is 4.67. The van der Waals surface area contributed by atoms with Crippen molar-refractivity contribution >= 4 is 11.6 Å². The highest BCUT2D eigenvalue weighted by molar-refractivity contribution is 6.09. The maximum absolute atomic E-state index is 13.1. The van der Waals surface area contributed by atoms with Crippen LogP contribution in [0.4, 0.5) is 23.4 Å². The van der Waals surface area contributed by atoms with Crippen LogP contribution in [0.25, 0.3) is 5.69 Å². The van der Waals surface area contributed by atoms with Crippen LogP contribution in [0, 0.1) is 17.1 Å². The highest BCUT2D eigenvalue weighted by atomic mass is 19.4. The third-order valence-electron chi connectivity index (χ3n) is 3.79. The number of carbonyl (C=O) groups is 1. The molecule has 27 heavy (non-hydrogen) atoms. The number of ketones is 1. The molecule has 1 aromatic heterocycles. The Morgan fingerprint density at radius 3 is 2.19 bits per heavy atom. The SMILES string of the molecule is N#Cc1c(C(=O)c2ccc(C(F)(F)F)cc2)nn(-c2ccc(F)cc2)c1N. The quantitative estimate of drug-likeness (QED) is 0.559. The van der Waals surface area contributed by atoms with Gasteiger partial charge in [-0.15, -0.1) is 0 Å². The number of hydrogen-bond acceptors (Lipinski definition) is 4. The van der Waals surface area contributed by atoms with Gasteiger partial charge in [-0.25, -0.2) is 9.07 Å².